The first-order chi connectivity index (χ1) is 13.8. The van der Waals surface area contributed by atoms with Gasteiger partial charge in [0.1, 0.15) is 0 Å². The van der Waals surface area contributed by atoms with Gasteiger partial charge in [-0.25, -0.2) is 13.2 Å². The third-order valence-corrected chi connectivity index (χ3v) is 4.96. The van der Waals surface area contributed by atoms with Gasteiger partial charge >= 0.3 is 0 Å². The molecule has 1 N–H and O–H groups in total. The second-order valence-corrected chi connectivity index (χ2v) is 6.68. The molecule has 0 spiro atoms. The first-order valence-corrected chi connectivity index (χ1v) is 8.95. The molecule has 1 atom stereocenters. The summed E-state index contributed by atoms with van der Waals surface area (Å²) in [6, 6.07) is 7.35. The fourth-order valence-electron chi connectivity index (χ4n) is 3.18. The van der Waals surface area contributed by atoms with Gasteiger partial charge in [0.25, 0.3) is 5.69 Å². The molecule has 2 aromatic rings. The van der Waals surface area contributed by atoms with Gasteiger partial charge in [0.05, 0.1) is 16.7 Å². The number of non-ortho nitro benzene ring substituents is 1. The monoisotopic (exact) mass is 408 g/mol. The number of amides is 1. The molecule has 1 unspecified atom stereocenters. The third kappa shape index (κ3) is 4.48. The van der Waals surface area contributed by atoms with Crippen LogP contribution in [0.5, 0.6) is 0 Å². The third-order valence-electron chi connectivity index (χ3n) is 4.96. The summed E-state index contributed by atoms with van der Waals surface area (Å²) in [5, 5.41) is 13.0. The van der Waals surface area contributed by atoms with Crippen LogP contribution in [0.2, 0.25) is 0 Å². The van der Waals surface area contributed by atoms with Crippen molar-refractivity contribution in [3.63, 3.8) is 0 Å². The van der Waals surface area contributed by atoms with Gasteiger partial charge in [0.2, 0.25) is 5.91 Å². The molecule has 2 aromatic carbocycles. The Morgan fingerprint density at radius 1 is 1.03 bits per heavy atom. The highest BCUT2D eigenvalue weighted by Crippen LogP contribution is 2.22. The lowest BCUT2D eigenvalue weighted by Crippen LogP contribution is -2.52. The zero-order valence-corrected chi connectivity index (χ0v) is 15.6. The van der Waals surface area contributed by atoms with E-state index in [2.05, 4.69) is 5.32 Å². The average molecular weight is 408 g/mol. The van der Waals surface area contributed by atoms with E-state index in [-0.39, 0.29) is 5.69 Å². The average Bonchev–Trinajstić information content (AvgIpc) is 2.73. The van der Waals surface area contributed by atoms with Crippen molar-refractivity contribution in [2.24, 2.45) is 0 Å². The predicted octanol–water partition coefficient (Wildman–Crippen LogP) is 3.16. The van der Waals surface area contributed by atoms with Crippen LogP contribution in [-0.4, -0.2) is 48.0 Å². The number of nitro groups is 1. The normalized spacial score (nSPS) is 15.8. The fraction of sp³-hybridized carbons (Fsp3) is 0.316. The number of carbonyl (C=O) groups excluding carboxylic acids is 1. The zero-order valence-electron chi connectivity index (χ0n) is 15.6. The number of halogens is 3. The zero-order chi connectivity index (χ0) is 21.1. The summed E-state index contributed by atoms with van der Waals surface area (Å²) in [7, 11) is 0. The highest BCUT2D eigenvalue weighted by atomic mass is 19.2. The largest absolute Gasteiger partial charge is 0.369 e. The minimum atomic E-state index is -1.63. The first-order valence-electron chi connectivity index (χ1n) is 8.95. The van der Waals surface area contributed by atoms with Gasteiger partial charge in [0.15, 0.2) is 17.5 Å². The molecule has 0 aromatic heterocycles. The van der Waals surface area contributed by atoms with E-state index in [1.165, 1.54) is 12.1 Å². The van der Waals surface area contributed by atoms with Crippen LogP contribution >= 0.6 is 0 Å². The first kappa shape index (κ1) is 20.6. The van der Waals surface area contributed by atoms with Crippen LogP contribution < -0.4 is 10.2 Å². The molecular weight excluding hydrogens is 389 g/mol. The van der Waals surface area contributed by atoms with Crippen molar-refractivity contribution < 1.29 is 22.9 Å². The predicted molar refractivity (Wildman–Crippen MR) is 101 cm³/mol. The van der Waals surface area contributed by atoms with E-state index in [4.69, 9.17) is 0 Å². The van der Waals surface area contributed by atoms with Crippen LogP contribution in [-0.2, 0) is 4.79 Å². The number of benzene rings is 2. The molecule has 29 heavy (non-hydrogen) atoms. The van der Waals surface area contributed by atoms with Crippen molar-refractivity contribution in [3.05, 3.63) is 64.0 Å². The van der Waals surface area contributed by atoms with Crippen molar-refractivity contribution in [1.82, 2.24) is 4.90 Å². The number of nitrogens with zero attached hydrogens (tertiary/aromatic N) is 3. The lowest BCUT2D eigenvalue weighted by atomic mass is 10.2. The van der Waals surface area contributed by atoms with Gasteiger partial charge in [-0.3, -0.25) is 19.8 Å². The van der Waals surface area contributed by atoms with Gasteiger partial charge < -0.3 is 10.2 Å². The van der Waals surface area contributed by atoms with E-state index in [0.717, 1.165) is 17.8 Å². The molecule has 7 nitrogen and oxygen atoms in total. The Labute approximate surface area is 164 Å². The van der Waals surface area contributed by atoms with Crippen LogP contribution in [0.4, 0.5) is 30.2 Å². The highest BCUT2D eigenvalue weighted by molar-refractivity contribution is 5.94. The van der Waals surface area contributed by atoms with Crippen LogP contribution in [0.3, 0.4) is 0 Å². The molecule has 10 heteroatoms. The molecule has 1 heterocycles. The molecule has 1 amide bonds. The summed E-state index contributed by atoms with van der Waals surface area (Å²) in [4.78, 5) is 26.6. The maximum atomic E-state index is 13.8. The van der Waals surface area contributed by atoms with Gasteiger partial charge in [-0.1, -0.05) is 0 Å². The Hall–Kier alpha value is -3.14. The molecule has 0 saturated carbocycles. The molecule has 0 aliphatic carbocycles. The maximum Gasteiger partial charge on any atom is 0.269 e. The van der Waals surface area contributed by atoms with Crippen molar-refractivity contribution in [1.29, 1.82) is 0 Å². The summed E-state index contributed by atoms with van der Waals surface area (Å²) in [6.45, 7) is 3.90. The van der Waals surface area contributed by atoms with Crippen molar-refractivity contribution in [2.45, 2.75) is 13.0 Å². The van der Waals surface area contributed by atoms with Crippen molar-refractivity contribution in [2.75, 3.05) is 36.4 Å². The van der Waals surface area contributed by atoms with Crippen molar-refractivity contribution >= 4 is 23.0 Å². The Morgan fingerprint density at radius 3 is 2.24 bits per heavy atom. The molecular formula is C19H19F3N4O3. The number of nitrogens with one attached hydrogen (secondary N) is 1. The maximum absolute atomic E-state index is 13.8. The van der Waals surface area contributed by atoms with Crippen LogP contribution in [0.15, 0.2) is 36.4 Å². The van der Waals surface area contributed by atoms with Crippen LogP contribution in [0.25, 0.3) is 0 Å². The second kappa shape index (κ2) is 8.48. The number of piperazine rings is 1. The van der Waals surface area contributed by atoms with Gasteiger partial charge in [-0.05, 0) is 31.2 Å². The van der Waals surface area contributed by atoms with Crippen LogP contribution in [0.1, 0.15) is 6.92 Å². The Kier molecular flexibility index (Phi) is 6.02. The Bertz CT molecular complexity index is 916. The van der Waals surface area contributed by atoms with Crippen molar-refractivity contribution in [3.8, 4) is 0 Å². The van der Waals surface area contributed by atoms with E-state index >= 15 is 0 Å². The Morgan fingerprint density at radius 2 is 1.66 bits per heavy atom. The van der Waals surface area contributed by atoms with E-state index in [9.17, 15) is 28.1 Å². The minimum Gasteiger partial charge on any atom is -0.369 e. The van der Waals surface area contributed by atoms with Gasteiger partial charge in [0, 0.05) is 44.0 Å². The molecule has 154 valence electrons. The van der Waals surface area contributed by atoms with Crippen LogP contribution in [0, 0.1) is 27.6 Å². The van der Waals surface area contributed by atoms with E-state index in [1.54, 1.807) is 19.1 Å². The number of hydrogen-bond donors (Lipinski definition) is 1. The lowest BCUT2D eigenvalue weighted by molar-refractivity contribution is -0.384. The van der Waals surface area contributed by atoms with E-state index < -0.39 is 40.0 Å². The standard InChI is InChI=1S/C19H19F3N4O3/c1-12(19(27)23-16-7-6-15(20)17(21)18(16)22)24-8-10-25(11-9-24)13-2-4-14(5-3-13)26(28)29/h2-7,12H,8-11H2,1H3,(H,23,27). The number of nitro benzene ring substituents is 1. The summed E-state index contributed by atoms with van der Waals surface area (Å²) in [5.41, 5.74) is 0.448. The lowest BCUT2D eigenvalue weighted by Gasteiger charge is -2.38. The number of carbonyl (C=O) groups is 1. The smallest absolute Gasteiger partial charge is 0.269 e. The summed E-state index contributed by atoms with van der Waals surface area (Å²) in [5.74, 6) is -4.92. The van der Waals surface area contributed by atoms with E-state index in [1.807, 2.05) is 9.80 Å². The summed E-state index contributed by atoms with van der Waals surface area (Å²) < 4.78 is 40.1. The molecule has 1 aliphatic rings. The molecule has 1 saturated heterocycles. The minimum absolute atomic E-state index is 0.0159. The number of rotatable bonds is 5. The second-order valence-electron chi connectivity index (χ2n) is 6.68. The summed E-state index contributed by atoms with van der Waals surface area (Å²) in [6.07, 6.45) is 0. The number of anilines is 2. The van der Waals surface area contributed by atoms with Gasteiger partial charge in [-0.15, -0.1) is 0 Å². The quantitative estimate of drug-likeness (QED) is 0.467. The topological polar surface area (TPSA) is 78.7 Å². The number of hydrogen-bond acceptors (Lipinski definition) is 5. The molecule has 0 bridgehead atoms. The molecule has 3 rings (SSSR count). The Balaban J connectivity index is 1.58. The molecule has 1 aliphatic heterocycles. The molecule has 0 radical (unpaired) electrons. The SMILES string of the molecule is CC(C(=O)Nc1ccc(F)c(F)c1F)N1CCN(c2ccc([N+](=O)[O-])cc2)CC1. The molecule has 1 fully saturated rings. The summed E-state index contributed by atoms with van der Waals surface area (Å²) >= 11 is 0. The highest BCUT2D eigenvalue weighted by Gasteiger charge is 2.27. The fourth-order valence-corrected chi connectivity index (χ4v) is 3.18. The van der Waals surface area contributed by atoms with Gasteiger partial charge in [-0.2, -0.15) is 0 Å². The van der Waals surface area contributed by atoms with E-state index in [0.29, 0.717) is 26.2 Å².